The van der Waals surface area contributed by atoms with E-state index < -0.39 is 0 Å². The van der Waals surface area contributed by atoms with Crippen LogP contribution in [0.4, 0.5) is 0 Å². The Bertz CT molecular complexity index is 616. The average Bonchev–Trinajstić information content (AvgIpc) is 2.96. The van der Waals surface area contributed by atoms with Gasteiger partial charge in [0.15, 0.2) is 0 Å². The van der Waals surface area contributed by atoms with Crippen molar-refractivity contribution in [3.05, 3.63) is 58.9 Å². The van der Waals surface area contributed by atoms with E-state index in [4.69, 9.17) is 15.3 Å². The van der Waals surface area contributed by atoms with E-state index in [1.165, 1.54) is 11.1 Å². The van der Waals surface area contributed by atoms with Gasteiger partial charge in [-0.2, -0.15) is 0 Å². The number of methoxy groups -OCH3 is 1. The first-order valence-corrected chi connectivity index (χ1v) is 6.46. The van der Waals surface area contributed by atoms with Crippen molar-refractivity contribution in [3.8, 4) is 5.75 Å². The summed E-state index contributed by atoms with van der Waals surface area (Å²) in [7, 11) is 1.62. The van der Waals surface area contributed by atoms with Gasteiger partial charge in [-0.3, -0.25) is 10.8 Å². The highest BCUT2D eigenvalue weighted by Crippen LogP contribution is 2.28. The number of benzene rings is 1. The smallest absolute Gasteiger partial charge is 0.137 e. The average molecular weight is 271 g/mol. The summed E-state index contributed by atoms with van der Waals surface area (Å²) in [4.78, 5) is 4.18. The Morgan fingerprint density at radius 1 is 1.20 bits per heavy atom. The summed E-state index contributed by atoms with van der Waals surface area (Å²) in [5, 5.41) is 0. The van der Waals surface area contributed by atoms with Crippen LogP contribution in [0.3, 0.4) is 0 Å². The fourth-order valence-electron chi connectivity index (χ4n) is 2.46. The van der Waals surface area contributed by atoms with Gasteiger partial charge in [0.05, 0.1) is 32.6 Å². The first-order chi connectivity index (χ1) is 9.81. The number of rotatable bonds is 4. The zero-order valence-corrected chi connectivity index (χ0v) is 11.3. The van der Waals surface area contributed by atoms with Gasteiger partial charge >= 0.3 is 0 Å². The van der Waals surface area contributed by atoms with Crippen LogP contribution in [-0.2, 0) is 18.0 Å². The number of nitrogens with two attached hydrogens (primary N) is 1. The number of hydrazine groups is 1. The van der Waals surface area contributed by atoms with Crippen molar-refractivity contribution in [1.29, 1.82) is 0 Å². The van der Waals surface area contributed by atoms with Gasteiger partial charge in [-0.15, -0.1) is 0 Å². The topological polar surface area (TPSA) is 69.4 Å². The molecule has 5 heteroatoms. The molecular formula is C15H17N3O2. The van der Waals surface area contributed by atoms with E-state index in [1.54, 1.807) is 19.5 Å². The van der Waals surface area contributed by atoms with Crippen molar-refractivity contribution in [2.45, 2.75) is 19.3 Å². The zero-order chi connectivity index (χ0) is 13.9. The van der Waals surface area contributed by atoms with Gasteiger partial charge < -0.3 is 9.47 Å². The Morgan fingerprint density at radius 2 is 2.05 bits per heavy atom. The van der Waals surface area contributed by atoms with E-state index in [0.717, 1.165) is 11.1 Å². The van der Waals surface area contributed by atoms with E-state index in [-0.39, 0.29) is 6.04 Å². The summed E-state index contributed by atoms with van der Waals surface area (Å²) < 4.78 is 10.6. The Hall–Kier alpha value is -1.95. The fraction of sp³-hybridized carbons (Fsp3) is 0.267. The normalized spacial score (nSPS) is 14.9. The van der Waals surface area contributed by atoms with Gasteiger partial charge in [0, 0.05) is 6.20 Å². The molecule has 1 aromatic carbocycles. The minimum Gasteiger partial charge on any atom is -0.495 e. The second-order valence-corrected chi connectivity index (χ2v) is 4.78. The lowest BCUT2D eigenvalue weighted by Crippen LogP contribution is -2.29. The van der Waals surface area contributed by atoms with E-state index >= 15 is 0 Å². The molecule has 1 unspecified atom stereocenters. The predicted molar refractivity (Wildman–Crippen MR) is 74.9 cm³/mol. The van der Waals surface area contributed by atoms with Gasteiger partial charge in [-0.25, -0.2) is 5.43 Å². The summed E-state index contributed by atoms with van der Waals surface area (Å²) in [5.41, 5.74) is 7.36. The molecule has 3 N–H and O–H groups in total. The Kier molecular flexibility index (Phi) is 3.64. The van der Waals surface area contributed by atoms with Crippen LogP contribution in [0.5, 0.6) is 5.75 Å². The maximum absolute atomic E-state index is 5.72. The number of nitrogens with one attached hydrogen (secondary N) is 1. The minimum atomic E-state index is -0.122. The Morgan fingerprint density at radius 3 is 2.85 bits per heavy atom. The van der Waals surface area contributed by atoms with Crippen LogP contribution < -0.4 is 16.0 Å². The molecule has 2 aromatic rings. The number of nitrogens with zero attached hydrogens (tertiary/aromatic N) is 1. The van der Waals surface area contributed by atoms with Crippen LogP contribution in [0, 0.1) is 0 Å². The minimum absolute atomic E-state index is 0.122. The fourth-order valence-corrected chi connectivity index (χ4v) is 2.46. The zero-order valence-electron chi connectivity index (χ0n) is 11.3. The van der Waals surface area contributed by atoms with Crippen molar-refractivity contribution >= 4 is 0 Å². The molecule has 0 amide bonds. The van der Waals surface area contributed by atoms with Crippen molar-refractivity contribution < 1.29 is 9.47 Å². The molecule has 3 rings (SSSR count). The van der Waals surface area contributed by atoms with Gasteiger partial charge in [0.2, 0.25) is 0 Å². The quantitative estimate of drug-likeness (QED) is 0.654. The number of aromatic nitrogens is 1. The van der Waals surface area contributed by atoms with E-state index in [1.807, 2.05) is 6.07 Å². The first-order valence-electron chi connectivity index (χ1n) is 6.46. The third-order valence-electron chi connectivity index (χ3n) is 3.55. The number of fused-ring (bicyclic) bond motifs is 1. The summed E-state index contributed by atoms with van der Waals surface area (Å²) >= 11 is 0. The van der Waals surface area contributed by atoms with Crippen LogP contribution in [-0.4, -0.2) is 12.1 Å². The number of hydrogen-bond donors (Lipinski definition) is 2. The largest absolute Gasteiger partial charge is 0.495 e. The molecule has 0 bridgehead atoms. The van der Waals surface area contributed by atoms with E-state index in [9.17, 15) is 0 Å². The maximum atomic E-state index is 5.72. The van der Waals surface area contributed by atoms with E-state index in [0.29, 0.717) is 19.0 Å². The van der Waals surface area contributed by atoms with Crippen molar-refractivity contribution in [2.24, 2.45) is 5.84 Å². The molecule has 1 aliphatic heterocycles. The first kappa shape index (κ1) is 13.1. The lowest BCUT2D eigenvalue weighted by atomic mass is 9.97. The highest BCUT2D eigenvalue weighted by molar-refractivity contribution is 5.39. The maximum Gasteiger partial charge on any atom is 0.137 e. The van der Waals surface area contributed by atoms with Crippen molar-refractivity contribution in [2.75, 3.05) is 7.11 Å². The predicted octanol–water partition coefficient (Wildman–Crippen LogP) is 1.67. The molecule has 0 aliphatic carbocycles. The molecule has 0 saturated carbocycles. The van der Waals surface area contributed by atoms with Crippen LogP contribution in [0.15, 0.2) is 36.7 Å². The highest BCUT2D eigenvalue weighted by atomic mass is 16.5. The Balaban J connectivity index is 1.96. The summed E-state index contributed by atoms with van der Waals surface area (Å²) in [6.07, 6.45) is 3.46. The lowest BCUT2D eigenvalue weighted by molar-refractivity contribution is 0.134. The molecule has 104 valence electrons. The molecule has 1 aliphatic rings. The molecule has 1 atom stereocenters. The van der Waals surface area contributed by atoms with Crippen LogP contribution in [0.2, 0.25) is 0 Å². The molecule has 0 saturated heterocycles. The Labute approximate surface area is 117 Å². The summed E-state index contributed by atoms with van der Waals surface area (Å²) in [6.45, 7) is 1.36. The monoisotopic (exact) mass is 271 g/mol. The molecule has 0 radical (unpaired) electrons. The summed E-state index contributed by atoms with van der Waals surface area (Å²) in [5.74, 6) is 6.44. The van der Waals surface area contributed by atoms with E-state index in [2.05, 4.69) is 28.6 Å². The molecule has 0 spiro atoms. The SMILES string of the molecule is COc1cncc(C(NN)c2ccc3c(c2)COC3)c1. The van der Waals surface area contributed by atoms with Gasteiger partial charge in [0.25, 0.3) is 0 Å². The number of pyridine rings is 1. The molecule has 20 heavy (non-hydrogen) atoms. The number of ether oxygens (including phenoxy) is 2. The molecule has 0 fully saturated rings. The second kappa shape index (κ2) is 5.58. The van der Waals surface area contributed by atoms with Crippen LogP contribution in [0.25, 0.3) is 0 Å². The molecule has 1 aromatic heterocycles. The van der Waals surface area contributed by atoms with Crippen molar-refractivity contribution in [1.82, 2.24) is 10.4 Å². The number of hydrogen-bond acceptors (Lipinski definition) is 5. The second-order valence-electron chi connectivity index (χ2n) is 4.78. The van der Waals surface area contributed by atoms with Crippen molar-refractivity contribution in [3.63, 3.8) is 0 Å². The van der Waals surface area contributed by atoms with Crippen LogP contribution in [0.1, 0.15) is 28.3 Å². The van der Waals surface area contributed by atoms with Gasteiger partial charge in [0.1, 0.15) is 5.75 Å². The van der Waals surface area contributed by atoms with Gasteiger partial charge in [-0.1, -0.05) is 18.2 Å². The molecular weight excluding hydrogens is 254 g/mol. The third kappa shape index (κ3) is 2.38. The highest BCUT2D eigenvalue weighted by Gasteiger charge is 2.17. The van der Waals surface area contributed by atoms with Crippen LogP contribution >= 0.6 is 0 Å². The molecule has 2 heterocycles. The molecule has 5 nitrogen and oxygen atoms in total. The summed E-state index contributed by atoms with van der Waals surface area (Å²) in [6, 6.07) is 8.10. The lowest BCUT2D eigenvalue weighted by Gasteiger charge is -2.18. The van der Waals surface area contributed by atoms with Gasteiger partial charge in [-0.05, 0) is 28.3 Å². The standard InChI is InChI=1S/C15H17N3O2/c1-19-14-5-12(6-17-7-14)15(18-16)10-2-3-11-8-20-9-13(11)4-10/h2-7,15,18H,8-9,16H2,1H3. The third-order valence-corrected chi connectivity index (χ3v) is 3.55.